The third kappa shape index (κ3) is 3.46. The molecule has 5 heterocycles. The summed E-state index contributed by atoms with van der Waals surface area (Å²) < 4.78 is 6.91. The molecule has 5 rings (SSSR count). The first kappa shape index (κ1) is 18.8. The zero-order valence-corrected chi connectivity index (χ0v) is 17.0. The van der Waals surface area contributed by atoms with Crippen molar-refractivity contribution in [3.05, 3.63) is 53.0 Å². The van der Waals surface area contributed by atoms with Crippen molar-refractivity contribution in [1.29, 1.82) is 0 Å². The lowest BCUT2D eigenvalue weighted by atomic mass is 10.0. The number of nitrogens with zero attached hydrogens (tertiary/aromatic N) is 6. The van der Waals surface area contributed by atoms with Crippen molar-refractivity contribution < 1.29 is 4.42 Å². The molecule has 0 aromatic carbocycles. The van der Waals surface area contributed by atoms with E-state index < -0.39 is 0 Å². The monoisotopic (exact) mass is 424 g/mol. The number of aromatic nitrogens is 5. The van der Waals surface area contributed by atoms with Crippen LogP contribution in [0.3, 0.4) is 0 Å². The average Bonchev–Trinajstić information content (AvgIpc) is 3.46. The summed E-state index contributed by atoms with van der Waals surface area (Å²) in [6.07, 6.45) is 6.17. The maximum atomic E-state index is 6.45. The Bertz CT molecular complexity index is 1190. The highest BCUT2D eigenvalue weighted by Crippen LogP contribution is 2.29. The molecular formula is C20H21ClN8O. The number of anilines is 2. The van der Waals surface area contributed by atoms with Crippen molar-refractivity contribution in [1.82, 2.24) is 29.5 Å². The Morgan fingerprint density at radius 3 is 2.93 bits per heavy atom. The van der Waals surface area contributed by atoms with E-state index in [4.69, 9.17) is 27.5 Å². The Balaban J connectivity index is 1.42. The minimum absolute atomic E-state index is 0.300. The first-order chi connectivity index (χ1) is 14.6. The number of nitrogen functional groups attached to an aromatic ring is 2. The molecule has 1 unspecified atom stereocenters. The zero-order chi connectivity index (χ0) is 20.7. The van der Waals surface area contributed by atoms with E-state index in [1.807, 2.05) is 12.1 Å². The number of hydrogen-bond donors (Lipinski definition) is 2. The minimum atomic E-state index is 0.300. The molecule has 1 atom stereocenters. The summed E-state index contributed by atoms with van der Waals surface area (Å²) in [6, 6.07) is 7.76. The van der Waals surface area contributed by atoms with Crippen LogP contribution in [0.25, 0.3) is 17.4 Å². The number of likely N-dealkylation sites (tertiary alicyclic amines) is 1. The van der Waals surface area contributed by atoms with E-state index in [1.54, 1.807) is 24.6 Å². The van der Waals surface area contributed by atoms with Gasteiger partial charge in [-0.25, -0.2) is 4.98 Å². The van der Waals surface area contributed by atoms with Crippen molar-refractivity contribution in [2.45, 2.75) is 31.8 Å². The second kappa shape index (κ2) is 7.58. The molecule has 1 aliphatic rings. The van der Waals surface area contributed by atoms with E-state index in [2.05, 4.69) is 25.0 Å². The van der Waals surface area contributed by atoms with E-state index in [-0.39, 0.29) is 0 Å². The SMILES string of the molecule is Nc1nc2nc(-c3ccco3)nn2c(N)c1CC1CCCN1Cc1ccnc(Cl)c1. The molecule has 0 aliphatic carbocycles. The van der Waals surface area contributed by atoms with Crippen LogP contribution >= 0.6 is 11.6 Å². The van der Waals surface area contributed by atoms with Gasteiger partial charge in [0, 0.05) is 24.3 Å². The molecule has 1 fully saturated rings. The van der Waals surface area contributed by atoms with Crippen LogP contribution in [-0.2, 0) is 13.0 Å². The van der Waals surface area contributed by atoms with Crippen LogP contribution in [0, 0.1) is 0 Å². The first-order valence-electron chi connectivity index (χ1n) is 9.77. The summed E-state index contributed by atoms with van der Waals surface area (Å²) >= 11 is 6.04. The van der Waals surface area contributed by atoms with Gasteiger partial charge in [0.2, 0.25) is 5.82 Å². The Labute approximate surface area is 177 Å². The molecule has 0 amide bonds. The maximum Gasteiger partial charge on any atom is 0.256 e. The average molecular weight is 425 g/mol. The fourth-order valence-electron chi connectivity index (χ4n) is 4.04. The van der Waals surface area contributed by atoms with Gasteiger partial charge < -0.3 is 15.9 Å². The molecule has 4 aromatic rings. The van der Waals surface area contributed by atoms with Crippen molar-refractivity contribution in [2.75, 3.05) is 18.0 Å². The number of furan rings is 1. The quantitative estimate of drug-likeness (QED) is 0.468. The van der Waals surface area contributed by atoms with Gasteiger partial charge in [-0.2, -0.15) is 14.5 Å². The van der Waals surface area contributed by atoms with E-state index in [0.717, 1.165) is 37.1 Å². The van der Waals surface area contributed by atoms with Gasteiger partial charge in [0.25, 0.3) is 5.78 Å². The molecule has 9 nitrogen and oxygen atoms in total. The van der Waals surface area contributed by atoms with Gasteiger partial charge in [0.1, 0.15) is 16.8 Å². The molecule has 4 aromatic heterocycles. The highest BCUT2D eigenvalue weighted by Gasteiger charge is 2.27. The third-order valence-corrected chi connectivity index (χ3v) is 5.72. The van der Waals surface area contributed by atoms with Crippen LogP contribution in [0.5, 0.6) is 0 Å². The lowest BCUT2D eigenvalue weighted by molar-refractivity contribution is 0.244. The fraction of sp³-hybridized carbons (Fsp3) is 0.300. The van der Waals surface area contributed by atoms with Gasteiger partial charge in [-0.05, 0) is 55.6 Å². The summed E-state index contributed by atoms with van der Waals surface area (Å²) in [5.74, 6) is 2.18. The van der Waals surface area contributed by atoms with Crippen LogP contribution in [0.2, 0.25) is 5.15 Å². The van der Waals surface area contributed by atoms with E-state index >= 15 is 0 Å². The second-order valence-electron chi connectivity index (χ2n) is 7.44. The van der Waals surface area contributed by atoms with Gasteiger partial charge >= 0.3 is 0 Å². The van der Waals surface area contributed by atoms with Crippen molar-refractivity contribution >= 4 is 29.0 Å². The van der Waals surface area contributed by atoms with Crippen LogP contribution in [0.1, 0.15) is 24.0 Å². The third-order valence-electron chi connectivity index (χ3n) is 5.51. The predicted molar refractivity (Wildman–Crippen MR) is 114 cm³/mol. The molecular weight excluding hydrogens is 404 g/mol. The normalized spacial score (nSPS) is 17.2. The summed E-state index contributed by atoms with van der Waals surface area (Å²) in [5.41, 5.74) is 14.6. The van der Waals surface area contributed by atoms with E-state index in [1.165, 1.54) is 4.52 Å². The van der Waals surface area contributed by atoms with Crippen LogP contribution < -0.4 is 11.5 Å². The molecule has 10 heteroatoms. The fourth-order valence-corrected chi connectivity index (χ4v) is 4.23. The topological polar surface area (TPSA) is 124 Å². The van der Waals surface area contributed by atoms with Crippen molar-refractivity contribution in [2.24, 2.45) is 0 Å². The molecule has 1 aliphatic heterocycles. The van der Waals surface area contributed by atoms with Gasteiger partial charge in [-0.15, -0.1) is 5.10 Å². The number of hydrogen-bond acceptors (Lipinski definition) is 8. The largest absolute Gasteiger partial charge is 0.461 e. The number of fused-ring (bicyclic) bond motifs is 1. The molecule has 0 spiro atoms. The van der Waals surface area contributed by atoms with Gasteiger partial charge in [-0.1, -0.05) is 11.6 Å². The molecule has 0 saturated carbocycles. The Morgan fingerprint density at radius 1 is 1.23 bits per heavy atom. The van der Waals surface area contributed by atoms with E-state index in [9.17, 15) is 0 Å². The lowest BCUT2D eigenvalue weighted by Crippen LogP contribution is -2.31. The summed E-state index contributed by atoms with van der Waals surface area (Å²) in [4.78, 5) is 15.3. The minimum Gasteiger partial charge on any atom is -0.461 e. The molecule has 30 heavy (non-hydrogen) atoms. The number of rotatable bonds is 5. The first-order valence-corrected chi connectivity index (χ1v) is 10.2. The Kier molecular flexibility index (Phi) is 4.76. The maximum absolute atomic E-state index is 6.45. The van der Waals surface area contributed by atoms with Crippen molar-refractivity contribution in [3.8, 4) is 11.6 Å². The second-order valence-corrected chi connectivity index (χ2v) is 7.83. The summed E-state index contributed by atoms with van der Waals surface area (Å²) in [5, 5.41) is 4.97. The summed E-state index contributed by atoms with van der Waals surface area (Å²) in [6.45, 7) is 1.81. The van der Waals surface area contributed by atoms with Crippen molar-refractivity contribution in [3.63, 3.8) is 0 Å². The number of nitrogens with two attached hydrogens (primary N) is 2. The van der Waals surface area contributed by atoms with Gasteiger partial charge in [0.15, 0.2) is 5.76 Å². The molecule has 0 radical (unpaired) electrons. The van der Waals surface area contributed by atoms with Gasteiger partial charge in [-0.3, -0.25) is 4.90 Å². The molecule has 0 bridgehead atoms. The Hall–Kier alpha value is -3.17. The lowest BCUT2D eigenvalue weighted by Gasteiger charge is -2.25. The van der Waals surface area contributed by atoms with Crippen LogP contribution in [0.4, 0.5) is 11.6 Å². The molecule has 4 N–H and O–H groups in total. The highest BCUT2D eigenvalue weighted by molar-refractivity contribution is 6.29. The molecule has 154 valence electrons. The Morgan fingerprint density at radius 2 is 2.13 bits per heavy atom. The van der Waals surface area contributed by atoms with Crippen LogP contribution in [-0.4, -0.2) is 42.1 Å². The predicted octanol–water partition coefficient (Wildman–Crippen LogP) is 2.80. The van der Waals surface area contributed by atoms with Gasteiger partial charge in [0.05, 0.1) is 6.26 Å². The standard InChI is InChI=1S/C20H21ClN8O/c21-16-9-12(5-6-24-16)11-28-7-1-3-13(28)10-14-17(22)25-20-26-19(15-4-2-8-30-15)27-29(20)18(14)23/h2,4-6,8-9,13H,1,3,7,10-11,23H2,(H2,22,25,26,27). The van der Waals surface area contributed by atoms with Crippen LogP contribution in [0.15, 0.2) is 41.1 Å². The van der Waals surface area contributed by atoms with E-state index in [0.29, 0.717) is 46.6 Å². The number of halogens is 1. The molecule has 1 saturated heterocycles. The highest BCUT2D eigenvalue weighted by atomic mass is 35.5. The summed E-state index contributed by atoms with van der Waals surface area (Å²) in [7, 11) is 0. The number of pyridine rings is 1. The smallest absolute Gasteiger partial charge is 0.256 e. The zero-order valence-electron chi connectivity index (χ0n) is 16.2.